The van der Waals surface area contributed by atoms with Gasteiger partial charge in [0.1, 0.15) is 0 Å². The van der Waals surface area contributed by atoms with Crippen LogP contribution in [0, 0.1) is 0 Å². The average Bonchev–Trinajstić information content (AvgIpc) is 2.73. The van der Waals surface area contributed by atoms with Crippen molar-refractivity contribution in [3.8, 4) is 0 Å². The number of quaternary nitrogens is 1. The Morgan fingerprint density at radius 2 is 1.73 bits per heavy atom. The summed E-state index contributed by atoms with van der Waals surface area (Å²) in [6.45, 7) is 7.31. The van der Waals surface area contributed by atoms with Crippen molar-refractivity contribution in [2.75, 3.05) is 37.6 Å². The SMILES string of the molecule is C[C@@H](C(=O)N1CCc2ccccc2C1)[NH+]1CCN(c2ncccn2)CC1. The number of nitrogens with one attached hydrogen (secondary N) is 1. The summed E-state index contributed by atoms with van der Waals surface area (Å²) in [7, 11) is 0. The van der Waals surface area contributed by atoms with Gasteiger partial charge in [0, 0.05) is 25.5 Å². The van der Waals surface area contributed by atoms with E-state index in [1.165, 1.54) is 16.0 Å². The summed E-state index contributed by atoms with van der Waals surface area (Å²) < 4.78 is 0. The van der Waals surface area contributed by atoms with Crippen LogP contribution in [0.15, 0.2) is 42.7 Å². The second-order valence-electron chi connectivity index (χ2n) is 7.19. The Morgan fingerprint density at radius 3 is 2.46 bits per heavy atom. The topological polar surface area (TPSA) is 53.8 Å². The lowest BCUT2D eigenvalue weighted by molar-refractivity contribution is -0.915. The first-order valence-electron chi connectivity index (χ1n) is 9.44. The number of nitrogens with zero attached hydrogens (tertiary/aromatic N) is 4. The van der Waals surface area contributed by atoms with Crippen molar-refractivity contribution < 1.29 is 9.69 Å². The van der Waals surface area contributed by atoms with Gasteiger partial charge >= 0.3 is 0 Å². The third kappa shape index (κ3) is 3.42. The van der Waals surface area contributed by atoms with E-state index in [1.54, 1.807) is 12.4 Å². The highest BCUT2D eigenvalue weighted by molar-refractivity contribution is 5.80. The normalized spacial score (nSPS) is 19.1. The molecule has 6 heteroatoms. The first-order chi connectivity index (χ1) is 12.7. The molecule has 1 fully saturated rings. The Kier molecular flexibility index (Phi) is 4.84. The highest BCUT2D eigenvalue weighted by Gasteiger charge is 2.33. The van der Waals surface area contributed by atoms with Crippen molar-refractivity contribution in [1.82, 2.24) is 14.9 Å². The smallest absolute Gasteiger partial charge is 0.280 e. The van der Waals surface area contributed by atoms with Gasteiger partial charge in [-0.05, 0) is 30.5 Å². The Bertz CT molecular complexity index is 758. The van der Waals surface area contributed by atoms with Crippen LogP contribution in [0.2, 0.25) is 0 Å². The van der Waals surface area contributed by atoms with Crippen LogP contribution in [0.3, 0.4) is 0 Å². The largest absolute Gasteiger partial charge is 0.333 e. The van der Waals surface area contributed by atoms with Crippen LogP contribution in [-0.4, -0.2) is 59.5 Å². The number of rotatable bonds is 3. The monoisotopic (exact) mass is 352 g/mol. The minimum atomic E-state index is -0.000830. The lowest BCUT2D eigenvalue weighted by atomic mass is 9.99. The van der Waals surface area contributed by atoms with E-state index in [2.05, 4.69) is 46.1 Å². The maximum absolute atomic E-state index is 13.0. The van der Waals surface area contributed by atoms with Gasteiger partial charge in [-0.2, -0.15) is 0 Å². The van der Waals surface area contributed by atoms with E-state index in [9.17, 15) is 4.79 Å². The van der Waals surface area contributed by atoms with Crippen LogP contribution >= 0.6 is 0 Å². The number of aromatic nitrogens is 2. The summed E-state index contributed by atoms with van der Waals surface area (Å²) in [6, 6.07) is 10.3. The second kappa shape index (κ2) is 7.41. The van der Waals surface area contributed by atoms with Crippen molar-refractivity contribution in [3.05, 3.63) is 53.9 Å². The van der Waals surface area contributed by atoms with Gasteiger partial charge < -0.3 is 14.7 Å². The zero-order valence-electron chi connectivity index (χ0n) is 15.3. The van der Waals surface area contributed by atoms with Gasteiger partial charge in [-0.3, -0.25) is 4.79 Å². The Hall–Kier alpha value is -2.47. The van der Waals surface area contributed by atoms with Crippen LogP contribution in [0.4, 0.5) is 5.95 Å². The Balaban J connectivity index is 1.35. The third-order valence-corrected chi connectivity index (χ3v) is 5.67. The number of carbonyl (C=O) groups is 1. The number of fused-ring (bicyclic) bond motifs is 1. The van der Waals surface area contributed by atoms with E-state index in [-0.39, 0.29) is 11.9 Å². The molecule has 136 valence electrons. The molecule has 4 rings (SSSR count). The molecule has 0 saturated carbocycles. The van der Waals surface area contributed by atoms with Crippen LogP contribution in [0.1, 0.15) is 18.1 Å². The quantitative estimate of drug-likeness (QED) is 0.855. The first kappa shape index (κ1) is 17.0. The first-order valence-corrected chi connectivity index (χ1v) is 9.44. The number of piperazine rings is 1. The summed E-state index contributed by atoms with van der Waals surface area (Å²) >= 11 is 0. The molecule has 0 radical (unpaired) electrons. The molecule has 0 unspecified atom stereocenters. The summed E-state index contributed by atoms with van der Waals surface area (Å²) in [4.78, 5) is 27.3. The molecule has 1 amide bonds. The molecule has 6 nitrogen and oxygen atoms in total. The Labute approximate surface area is 154 Å². The van der Waals surface area contributed by atoms with Crippen molar-refractivity contribution in [2.24, 2.45) is 0 Å². The summed E-state index contributed by atoms with van der Waals surface area (Å²) in [5.74, 6) is 1.07. The van der Waals surface area contributed by atoms with E-state index in [0.717, 1.165) is 51.6 Å². The van der Waals surface area contributed by atoms with Crippen LogP contribution in [0.5, 0.6) is 0 Å². The zero-order valence-corrected chi connectivity index (χ0v) is 15.3. The lowest BCUT2D eigenvalue weighted by Gasteiger charge is -2.37. The number of amides is 1. The molecule has 26 heavy (non-hydrogen) atoms. The fourth-order valence-electron chi connectivity index (χ4n) is 4.01. The predicted octanol–water partition coefficient (Wildman–Crippen LogP) is 0.155. The van der Waals surface area contributed by atoms with E-state index in [4.69, 9.17) is 0 Å². The molecule has 1 aromatic carbocycles. The van der Waals surface area contributed by atoms with E-state index in [1.807, 2.05) is 11.0 Å². The molecule has 1 N–H and O–H groups in total. The molecule has 2 aliphatic heterocycles. The van der Waals surface area contributed by atoms with Crippen LogP contribution in [0.25, 0.3) is 0 Å². The van der Waals surface area contributed by atoms with Crippen molar-refractivity contribution in [1.29, 1.82) is 0 Å². The highest BCUT2D eigenvalue weighted by atomic mass is 16.2. The molecule has 0 spiro atoms. The van der Waals surface area contributed by atoms with Crippen LogP contribution < -0.4 is 9.80 Å². The zero-order chi connectivity index (χ0) is 17.9. The fraction of sp³-hybridized carbons (Fsp3) is 0.450. The number of benzene rings is 1. The number of hydrogen-bond acceptors (Lipinski definition) is 4. The molecule has 2 aliphatic rings. The maximum Gasteiger partial charge on any atom is 0.280 e. The van der Waals surface area contributed by atoms with Crippen molar-refractivity contribution in [2.45, 2.75) is 25.9 Å². The lowest BCUT2D eigenvalue weighted by Crippen LogP contribution is -3.19. The van der Waals surface area contributed by atoms with Crippen LogP contribution in [-0.2, 0) is 17.8 Å². The molecular formula is C20H26N5O+. The summed E-state index contributed by atoms with van der Waals surface area (Å²) in [5.41, 5.74) is 2.67. The van der Waals surface area contributed by atoms with Gasteiger partial charge in [-0.1, -0.05) is 24.3 Å². The van der Waals surface area contributed by atoms with E-state index >= 15 is 0 Å². The molecule has 2 aromatic rings. The van der Waals surface area contributed by atoms with Gasteiger partial charge in [-0.15, -0.1) is 0 Å². The maximum atomic E-state index is 13.0. The molecule has 3 heterocycles. The fourth-order valence-corrected chi connectivity index (χ4v) is 4.01. The third-order valence-electron chi connectivity index (χ3n) is 5.67. The highest BCUT2D eigenvalue weighted by Crippen LogP contribution is 2.18. The van der Waals surface area contributed by atoms with Gasteiger partial charge in [0.25, 0.3) is 5.91 Å². The standard InChI is InChI=1S/C20H25N5O/c1-16(19(26)25-10-7-17-5-2-3-6-18(17)15-25)23-11-13-24(14-12-23)20-21-8-4-9-22-20/h2-6,8-9,16H,7,10-15H2,1H3/p+1/t16-/m0/s1. The second-order valence-corrected chi connectivity index (χ2v) is 7.19. The number of anilines is 1. The van der Waals surface area contributed by atoms with E-state index < -0.39 is 0 Å². The molecule has 1 saturated heterocycles. The molecule has 0 aliphatic carbocycles. The van der Waals surface area contributed by atoms with Gasteiger partial charge in [0.15, 0.2) is 6.04 Å². The molecule has 1 atom stereocenters. The van der Waals surface area contributed by atoms with Crippen molar-refractivity contribution >= 4 is 11.9 Å². The van der Waals surface area contributed by atoms with Crippen molar-refractivity contribution in [3.63, 3.8) is 0 Å². The van der Waals surface area contributed by atoms with Gasteiger partial charge in [-0.25, -0.2) is 9.97 Å². The Morgan fingerprint density at radius 1 is 1.04 bits per heavy atom. The molecule has 0 bridgehead atoms. The minimum Gasteiger partial charge on any atom is -0.333 e. The van der Waals surface area contributed by atoms with Gasteiger partial charge in [0.2, 0.25) is 5.95 Å². The van der Waals surface area contributed by atoms with E-state index in [0.29, 0.717) is 0 Å². The summed E-state index contributed by atoms with van der Waals surface area (Å²) in [6.07, 6.45) is 4.52. The summed E-state index contributed by atoms with van der Waals surface area (Å²) in [5, 5.41) is 0. The molecule has 1 aromatic heterocycles. The number of hydrogen-bond donors (Lipinski definition) is 1. The minimum absolute atomic E-state index is 0.000830. The number of carbonyl (C=O) groups excluding carboxylic acids is 1. The van der Waals surface area contributed by atoms with Gasteiger partial charge in [0.05, 0.1) is 26.2 Å². The average molecular weight is 352 g/mol. The predicted molar refractivity (Wildman–Crippen MR) is 100.0 cm³/mol. The molecular weight excluding hydrogens is 326 g/mol.